The molecule has 18 heavy (non-hydrogen) atoms. The van der Waals surface area contributed by atoms with Gasteiger partial charge in [0.15, 0.2) is 0 Å². The zero-order valence-electron chi connectivity index (χ0n) is 10.2. The molecule has 0 bridgehead atoms. The molecule has 1 aromatic carbocycles. The standard InChI is InChI=1S/C12H12N2O4/c1-6-13-9-4-7(11(15)17-2)8(12(16)18-3)5-10(9)14-6/h4-5H,1-3H3,(H,13,14). The predicted molar refractivity (Wildman–Crippen MR) is 63.5 cm³/mol. The third kappa shape index (κ3) is 1.92. The molecule has 0 saturated heterocycles. The molecule has 6 nitrogen and oxygen atoms in total. The summed E-state index contributed by atoms with van der Waals surface area (Å²) in [6.07, 6.45) is 0. The highest BCUT2D eigenvalue weighted by Gasteiger charge is 2.20. The Balaban J connectivity index is 2.70. The van der Waals surface area contributed by atoms with Gasteiger partial charge in [-0.25, -0.2) is 14.6 Å². The van der Waals surface area contributed by atoms with E-state index in [4.69, 9.17) is 0 Å². The number of hydrogen-bond acceptors (Lipinski definition) is 5. The fourth-order valence-electron chi connectivity index (χ4n) is 1.74. The van der Waals surface area contributed by atoms with Gasteiger partial charge in [-0.2, -0.15) is 0 Å². The highest BCUT2D eigenvalue weighted by molar-refractivity contribution is 6.06. The first-order valence-electron chi connectivity index (χ1n) is 5.23. The van der Waals surface area contributed by atoms with Crippen molar-refractivity contribution in [3.8, 4) is 0 Å². The van der Waals surface area contributed by atoms with Gasteiger partial charge in [0.1, 0.15) is 5.82 Å². The van der Waals surface area contributed by atoms with Crippen molar-refractivity contribution in [3.05, 3.63) is 29.1 Å². The Morgan fingerprint density at radius 3 is 2.22 bits per heavy atom. The number of fused-ring (bicyclic) bond motifs is 1. The molecule has 2 rings (SSSR count). The van der Waals surface area contributed by atoms with Gasteiger partial charge in [-0.3, -0.25) is 0 Å². The second-order valence-corrected chi connectivity index (χ2v) is 3.72. The SMILES string of the molecule is COC(=O)c1cc2nc(C)[nH]c2cc1C(=O)OC. The van der Waals surface area contributed by atoms with Gasteiger partial charge in [0.25, 0.3) is 0 Å². The van der Waals surface area contributed by atoms with E-state index in [-0.39, 0.29) is 11.1 Å². The Bertz CT molecular complexity index is 577. The van der Waals surface area contributed by atoms with Crippen LogP contribution in [0.25, 0.3) is 11.0 Å². The van der Waals surface area contributed by atoms with Gasteiger partial charge in [0, 0.05) is 0 Å². The summed E-state index contributed by atoms with van der Waals surface area (Å²) in [7, 11) is 2.51. The normalized spacial score (nSPS) is 10.4. The summed E-state index contributed by atoms with van der Waals surface area (Å²) in [5.74, 6) is -0.495. The molecular weight excluding hydrogens is 236 g/mol. The molecule has 0 radical (unpaired) electrons. The van der Waals surface area contributed by atoms with Crippen molar-refractivity contribution in [2.24, 2.45) is 0 Å². The molecule has 94 valence electrons. The zero-order chi connectivity index (χ0) is 13.3. The number of esters is 2. The van der Waals surface area contributed by atoms with Crippen molar-refractivity contribution in [3.63, 3.8) is 0 Å². The molecule has 0 amide bonds. The van der Waals surface area contributed by atoms with Gasteiger partial charge in [-0.1, -0.05) is 0 Å². The number of aryl methyl sites for hydroxylation is 1. The molecule has 0 spiro atoms. The summed E-state index contributed by atoms with van der Waals surface area (Å²) in [6, 6.07) is 3.05. The molecular formula is C12H12N2O4. The van der Waals surface area contributed by atoms with Crippen LogP contribution in [0.15, 0.2) is 12.1 Å². The average molecular weight is 248 g/mol. The first-order chi connectivity index (χ1) is 8.56. The number of aromatic amines is 1. The molecule has 0 aliphatic carbocycles. The van der Waals surface area contributed by atoms with E-state index in [9.17, 15) is 9.59 Å². The third-order valence-corrected chi connectivity index (χ3v) is 2.55. The van der Waals surface area contributed by atoms with Gasteiger partial charge in [-0.15, -0.1) is 0 Å². The van der Waals surface area contributed by atoms with Crippen molar-refractivity contribution < 1.29 is 19.1 Å². The summed E-state index contributed by atoms with van der Waals surface area (Å²) in [6.45, 7) is 1.79. The van der Waals surface area contributed by atoms with Crippen molar-refractivity contribution in [1.29, 1.82) is 0 Å². The lowest BCUT2D eigenvalue weighted by Gasteiger charge is -2.06. The van der Waals surface area contributed by atoms with Crippen LogP contribution in [0.5, 0.6) is 0 Å². The van der Waals surface area contributed by atoms with E-state index in [0.29, 0.717) is 16.9 Å². The number of rotatable bonds is 2. The van der Waals surface area contributed by atoms with Gasteiger partial charge in [0.05, 0.1) is 36.4 Å². The molecule has 0 aliphatic heterocycles. The number of H-pyrrole nitrogens is 1. The molecule has 1 aromatic heterocycles. The van der Waals surface area contributed by atoms with Gasteiger partial charge >= 0.3 is 11.9 Å². The summed E-state index contributed by atoms with van der Waals surface area (Å²) in [5.41, 5.74) is 1.56. The Labute approximate surface area is 103 Å². The van der Waals surface area contributed by atoms with Crippen molar-refractivity contribution >= 4 is 23.0 Å². The van der Waals surface area contributed by atoms with Gasteiger partial charge in [-0.05, 0) is 19.1 Å². The fourth-order valence-corrected chi connectivity index (χ4v) is 1.74. The Kier molecular flexibility index (Phi) is 3.01. The van der Waals surface area contributed by atoms with Gasteiger partial charge < -0.3 is 14.5 Å². The minimum atomic E-state index is -0.599. The van der Waals surface area contributed by atoms with Crippen LogP contribution >= 0.6 is 0 Å². The van der Waals surface area contributed by atoms with E-state index >= 15 is 0 Å². The first kappa shape index (κ1) is 12.1. The average Bonchev–Trinajstić information content (AvgIpc) is 2.74. The molecule has 6 heteroatoms. The number of imidazole rings is 1. The third-order valence-electron chi connectivity index (χ3n) is 2.55. The molecule has 0 aliphatic rings. The smallest absolute Gasteiger partial charge is 0.338 e. The quantitative estimate of drug-likeness (QED) is 0.813. The number of carbonyl (C=O) groups is 2. The van der Waals surface area contributed by atoms with Gasteiger partial charge in [0.2, 0.25) is 0 Å². The lowest BCUT2D eigenvalue weighted by atomic mass is 10.1. The number of aromatic nitrogens is 2. The van der Waals surface area contributed by atoms with Crippen molar-refractivity contribution in [1.82, 2.24) is 9.97 Å². The number of nitrogens with zero attached hydrogens (tertiary/aromatic N) is 1. The molecule has 0 fully saturated rings. The number of methoxy groups -OCH3 is 2. The summed E-state index contributed by atoms with van der Waals surface area (Å²) >= 11 is 0. The number of nitrogens with one attached hydrogen (secondary N) is 1. The zero-order valence-corrected chi connectivity index (χ0v) is 10.2. The second kappa shape index (κ2) is 4.48. The number of hydrogen-bond donors (Lipinski definition) is 1. The van der Waals surface area contributed by atoms with Crippen LogP contribution in [0.3, 0.4) is 0 Å². The lowest BCUT2D eigenvalue weighted by Crippen LogP contribution is -2.11. The van der Waals surface area contributed by atoms with E-state index in [1.165, 1.54) is 26.4 Å². The number of ether oxygens (including phenoxy) is 2. The van der Waals surface area contributed by atoms with Crippen LogP contribution in [-0.4, -0.2) is 36.1 Å². The van der Waals surface area contributed by atoms with Crippen molar-refractivity contribution in [2.45, 2.75) is 6.92 Å². The van der Waals surface area contributed by atoms with Crippen LogP contribution < -0.4 is 0 Å². The van der Waals surface area contributed by atoms with Crippen molar-refractivity contribution in [2.75, 3.05) is 14.2 Å². The largest absolute Gasteiger partial charge is 0.465 e. The highest BCUT2D eigenvalue weighted by Crippen LogP contribution is 2.20. The maximum atomic E-state index is 11.6. The topological polar surface area (TPSA) is 81.3 Å². The molecule has 0 unspecified atom stereocenters. The van der Waals surface area contributed by atoms with E-state index < -0.39 is 11.9 Å². The summed E-state index contributed by atoms with van der Waals surface area (Å²) in [5, 5.41) is 0. The molecule has 1 N–H and O–H groups in total. The Morgan fingerprint density at radius 2 is 1.67 bits per heavy atom. The first-order valence-corrected chi connectivity index (χ1v) is 5.23. The number of benzene rings is 1. The molecule has 0 atom stereocenters. The van der Waals surface area contributed by atoms with Crippen LogP contribution in [-0.2, 0) is 9.47 Å². The van der Waals surface area contributed by atoms with E-state index in [1.54, 1.807) is 6.92 Å². The summed E-state index contributed by atoms with van der Waals surface area (Å²) in [4.78, 5) is 30.5. The van der Waals surface area contributed by atoms with Crippen LogP contribution in [0.1, 0.15) is 26.5 Å². The maximum absolute atomic E-state index is 11.6. The minimum Gasteiger partial charge on any atom is -0.465 e. The molecule has 1 heterocycles. The summed E-state index contributed by atoms with van der Waals surface area (Å²) < 4.78 is 9.29. The minimum absolute atomic E-state index is 0.142. The molecule has 0 saturated carbocycles. The Hall–Kier alpha value is -2.37. The monoisotopic (exact) mass is 248 g/mol. The molecule has 2 aromatic rings. The number of carbonyl (C=O) groups excluding carboxylic acids is 2. The van der Waals surface area contributed by atoms with Crippen LogP contribution in [0, 0.1) is 6.92 Å². The van der Waals surface area contributed by atoms with Crippen LogP contribution in [0.2, 0.25) is 0 Å². The predicted octanol–water partition coefficient (Wildman–Crippen LogP) is 1.44. The van der Waals surface area contributed by atoms with E-state index in [0.717, 1.165) is 0 Å². The van der Waals surface area contributed by atoms with E-state index in [2.05, 4.69) is 19.4 Å². The van der Waals surface area contributed by atoms with Crippen LogP contribution in [0.4, 0.5) is 0 Å². The highest BCUT2D eigenvalue weighted by atomic mass is 16.5. The second-order valence-electron chi connectivity index (χ2n) is 3.72. The van der Waals surface area contributed by atoms with E-state index in [1.807, 2.05) is 0 Å². The lowest BCUT2D eigenvalue weighted by molar-refractivity contribution is 0.0555. The Morgan fingerprint density at radius 1 is 1.11 bits per heavy atom. The fraction of sp³-hybridized carbons (Fsp3) is 0.250. The maximum Gasteiger partial charge on any atom is 0.338 e.